The van der Waals surface area contributed by atoms with E-state index in [0.717, 1.165) is 25.1 Å². The number of carbonyl (C=O) groups is 1. The van der Waals surface area contributed by atoms with Gasteiger partial charge in [0, 0.05) is 25.2 Å². The van der Waals surface area contributed by atoms with Crippen LogP contribution in [0.4, 0.5) is 0 Å². The van der Waals surface area contributed by atoms with E-state index in [1.807, 2.05) is 29.2 Å². The lowest BCUT2D eigenvalue weighted by Crippen LogP contribution is -2.32. The van der Waals surface area contributed by atoms with Crippen LogP contribution in [0.2, 0.25) is 5.02 Å². The minimum absolute atomic E-state index is 0.0270. The largest absolute Gasteiger partial charge is 0.489 e. The van der Waals surface area contributed by atoms with Crippen LogP contribution in [0.5, 0.6) is 11.6 Å². The van der Waals surface area contributed by atoms with Gasteiger partial charge < -0.3 is 14.4 Å². The van der Waals surface area contributed by atoms with E-state index in [1.165, 1.54) is 7.11 Å². The van der Waals surface area contributed by atoms with E-state index < -0.39 is 0 Å². The SMILES string of the molecule is COc1ncccc1C(=O)N1C[C@@H]2CC[C@H](Oc3ccccc3Cl)[C@@H]2C1. The quantitative estimate of drug-likeness (QED) is 0.821. The predicted octanol–water partition coefficient (Wildman–Crippen LogP) is 3.67. The number of halogens is 1. The van der Waals surface area contributed by atoms with Gasteiger partial charge >= 0.3 is 0 Å². The molecule has 1 amide bonds. The summed E-state index contributed by atoms with van der Waals surface area (Å²) >= 11 is 6.23. The zero-order valence-electron chi connectivity index (χ0n) is 14.6. The summed E-state index contributed by atoms with van der Waals surface area (Å²) in [6.07, 6.45) is 3.78. The molecule has 3 atom stereocenters. The number of likely N-dealkylation sites (tertiary alicyclic amines) is 1. The minimum Gasteiger partial charge on any atom is -0.489 e. The number of aromatic nitrogens is 1. The standard InChI is InChI=1S/C20H21ClN2O3/c1-25-19-14(5-4-10-22-19)20(24)23-11-13-8-9-17(15(13)12-23)26-18-7-3-2-6-16(18)21/h2-7,10,13,15,17H,8-9,11-12H2,1H3/t13-,15+,17-/m0/s1. The van der Waals surface area contributed by atoms with Crippen LogP contribution in [-0.4, -0.2) is 42.1 Å². The molecule has 0 radical (unpaired) electrons. The van der Waals surface area contributed by atoms with Crippen LogP contribution in [-0.2, 0) is 0 Å². The molecule has 0 bridgehead atoms. The molecule has 2 aromatic rings. The maximum absolute atomic E-state index is 12.9. The molecule has 1 saturated heterocycles. The maximum atomic E-state index is 12.9. The van der Waals surface area contributed by atoms with Gasteiger partial charge in [0.05, 0.1) is 12.1 Å². The number of methoxy groups -OCH3 is 1. The zero-order chi connectivity index (χ0) is 18.1. The molecule has 1 aromatic heterocycles. The fourth-order valence-corrected chi connectivity index (χ4v) is 4.30. The Bertz CT molecular complexity index is 813. The highest BCUT2D eigenvalue weighted by molar-refractivity contribution is 6.32. The summed E-state index contributed by atoms with van der Waals surface area (Å²) < 4.78 is 11.4. The highest BCUT2D eigenvalue weighted by atomic mass is 35.5. The molecule has 1 aliphatic carbocycles. The molecular formula is C20H21ClN2O3. The number of fused-ring (bicyclic) bond motifs is 1. The Morgan fingerprint density at radius 1 is 1.19 bits per heavy atom. The average Bonchev–Trinajstić information content (AvgIpc) is 3.25. The third-order valence-electron chi connectivity index (χ3n) is 5.39. The second-order valence-electron chi connectivity index (χ2n) is 6.86. The molecule has 1 saturated carbocycles. The fraction of sp³-hybridized carbons (Fsp3) is 0.400. The monoisotopic (exact) mass is 372 g/mol. The van der Waals surface area contributed by atoms with Gasteiger partial charge in [-0.2, -0.15) is 0 Å². The molecule has 26 heavy (non-hydrogen) atoms. The average molecular weight is 373 g/mol. The molecule has 0 unspecified atom stereocenters. The lowest BCUT2D eigenvalue weighted by atomic mass is 9.99. The summed E-state index contributed by atoms with van der Waals surface area (Å²) in [5.74, 6) is 1.87. The number of hydrogen-bond donors (Lipinski definition) is 0. The van der Waals surface area contributed by atoms with Crippen LogP contribution in [0, 0.1) is 11.8 Å². The van der Waals surface area contributed by atoms with Crippen molar-refractivity contribution in [3.05, 3.63) is 53.2 Å². The van der Waals surface area contributed by atoms with Crippen LogP contribution in [0.15, 0.2) is 42.6 Å². The third-order valence-corrected chi connectivity index (χ3v) is 5.70. The molecule has 2 aliphatic rings. The summed E-state index contributed by atoms with van der Waals surface area (Å²) in [4.78, 5) is 19.0. The van der Waals surface area contributed by atoms with Crippen molar-refractivity contribution in [3.8, 4) is 11.6 Å². The Labute approximate surface area is 157 Å². The van der Waals surface area contributed by atoms with E-state index in [1.54, 1.807) is 18.3 Å². The molecule has 4 rings (SSSR count). The van der Waals surface area contributed by atoms with Crippen molar-refractivity contribution in [1.29, 1.82) is 0 Å². The van der Waals surface area contributed by atoms with Crippen molar-refractivity contribution in [2.45, 2.75) is 18.9 Å². The second-order valence-corrected chi connectivity index (χ2v) is 7.27. The third kappa shape index (κ3) is 3.12. The maximum Gasteiger partial charge on any atom is 0.259 e. The first kappa shape index (κ1) is 17.2. The van der Waals surface area contributed by atoms with Crippen LogP contribution >= 0.6 is 11.6 Å². The van der Waals surface area contributed by atoms with E-state index in [4.69, 9.17) is 21.1 Å². The van der Waals surface area contributed by atoms with Gasteiger partial charge in [-0.15, -0.1) is 0 Å². The Hall–Kier alpha value is -2.27. The van der Waals surface area contributed by atoms with Crippen LogP contribution in [0.1, 0.15) is 23.2 Å². The zero-order valence-corrected chi connectivity index (χ0v) is 15.4. The molecular weight excluding hydrogens is 352 g/mol. The van der Waals surface area contributed by atoms with Crippen molar-refractivity contribution in [1.82, 2.24) is 9.88 Å². The lowest BCUT2D eigenvalue weighted by molar-refractivity contribution is 0.0758. The molecule has 0 spiro atoms. The first-order valence-electron chi connectivity index (χ1n) is 8.87. The van der Waals surface area contributed by atoms with Gasteiger partial charge in [0.25, 0.3) is 5.91 Å². The number of nitrogens with zero attached hydrogens (tertiary/aromatic N) is 2. The number of pyridine rings is 1. The van der Waals surface area contributed by atoms with Crippen molar-refractivity contribution in [2.75, 3.05) is 20.2 Å². The topological polar surface area (TPSA) is 51.7 Å². The van der Waals surface area contributed by atoms with E-state index in [2.05, 4.69) is 4.98 Å². The van der Waals surface area contributed by atoms with Gasteiger partial charge in [0.15, 0.2) is 0 Å². The number of para-hydroxylation sites is 1. The van der Waals surface area contributed by atoms with Gasteiger partial charge in [0.2, 0.25) is 5.88 Å². The van der Waals surface area contributed by atoms with Crippen LogP contribution in [0.25, 0.3) is 0 Å². The van der Waals surface area contributed by atoms with Crippen LogP contribution < -0.4 is 9.47 Å². The summed E-state index contributed by atoms with van der Waals surface area (Å²) in [5, 5.41) is 0.627. The van der Waals surface area contributed by atoms with Gasteiger partial charge in [-0.3, -0.25) is 4.79 Å². The van der Waals surface area contributed by atoms with Crippen molar-refractivity contribution >= 4 is 17.5 Å². The van der Waals surface area contributed by atoms with E-state index in [-0.39, 0.29) is 12.0 Å². The lowest BCUT2D eigenvalue weighted by Gasteiger charge is -2.22. The molecule has 6 heteroatoms. The number of carbonyl (C=O) groups excluding carboxylic acids is 1. The van der Waals surface area contributed by atoms with E-state index in [9.17, 15) is 4.79 Å². The summed E-state index contributed by atoms with van der Waals surface area (Å²) in [6.45, 7) is 1.45. The number of rotatable bonds is 4. The van der Waals surface area contributed by atoms with Crippen molar-refractivity contribution in [3.63, 3.8) is 0 Å². The molecule has 136 valence electrons. The minimum atomic E-state index is -0.0270. The Morgan fingerprint density at radius 2 is 2.04 bits per heavy atom. The normalized spacial score (nSPS) is 24.4. The molecule has 2 fully saturated rings. The Kier molecular flexibility index (Phi) is 4.72. The summed E-state index contributed by atoms with van der Waals surface area (Å²) in [7, 11) is 1.53. The highest BCUT2D eigenvalue weighted by Gasteiger charge is 2.45. The summed E-state index contributed by atoms with van der Waals surface area (Å²) in [6, 6.07) is 11.1. The van der Waals surface area contributed by atoms with Crippen molar-refractivity contribution in [2.24, 2.45) is 11.8 Å². The number of hydrogen-bond acceptors (Lipinski definition) is 4. The number of amides is 1. The first-order chi connectivity index (χ1) is 12.7. The van der Waals surface area contributed by atoms with Gasteiger partial charge in [-0.05, 0) is 43.0 Å². The molecule has 0 N–H and O–H groups in total. The molecule has 5 nitrogen and oxygen atoms in total. The molecule has 2 heterocycles. The first-order valence-corrected chi connectivity index (χ1v) is 9.24. The fourth-order valence-electron chi connectivity index (χ4n) is 4.12. The van der Waals surface area contributed by atoms with Gasteiger partial charge in [0.1, 0.15) is 17.4 Å². The van der Waals surface area contributed by atoms with E-state index in [0.29, 0.717) is 34.8 Å². The number of ether oxygens (including phenoxy) is 2. The van der Waals surface area contributed by atoms with E-state index >= 15 is 0 Å². The predicted molar refractivity (Wildman–Crippen MR) is 98.8 cm³/mol. The smallest absolute Gasteiger partial charge is 0.259 e. The van der Waals surface area contributed by atoms with Gasteiger partial charge in [-0.25, -0.2) is 4.98 Å². The Morgan fingerprint density at radius 3 is 2.85 bits per heavy atom. The second kappa shape index (κ2) is 7.16. The highest BCUT2D eigenvalue weighted by Crippen LogP contribution is 2.41. The number of benzene rings is 1. The van der Waals surface area contributed by atoms with Gasteiger partial charge in [-0.1, -0.05) is 23.7 Å². The Balaban J connectivity index is 1.47. The molecule has 1 aromatic carbocycles. The van der Waals surface area contributed by atoms with Crippen molar-refractivity contribution < 1.29 is 14.3 Å². The molecule has 1 aliphatic heterocycles. The summed E-state index contributed by atoms with van der Waals surface area (Å²) in [5.41, 5.74) is 0.513. The van der Waals surface area contributed by atoms with Crippen LogP contribution in [0.3, 0.4) is 0 Å².